The Balaban J connectivity index is 0.000000231. The fraction of sp³-hybridized carbons (Fsp3) is 0.400. The van der Waals surface area contributed by atoms with E-state index in [1.165, 1.54) is 11.1 Å². The quantitative estimate of drug-likeness (QED) is 0.419. The molecule has 0 spiro atoms. The van der Waals surface area contributed by atoms with Crippen molar-refractivity contribution in [2.24, 2.45) is 0 Å². The molecule has 0 heterocycles. The molecule has 0 radical (unpaired) electrons. The lowest BCUT2D eigenvalue weighted by Crippen LogP contribution is -2.11. The van der Waals surface area contributed by atoms with Crippen LogP contribution in [0.2, 0.25) is 0 Å². The summed E-state index contributed by atoms with van der Waals surface area (Å²) in [6.07, 6.45) is 0. The summed E-state index contributed by atoms with van der Waals surface area (Å²) in [5.74, 6) is 0. The zero-order valence-corrected chi connectivity index (χ0v) is 17.2. The van der Waals surface area contributed by atoms with E-state index in [0.29, 0.717) is 0 Å². The molecule has 3 heteroatoms. The Morgan fingerprint density at radius 2 is 1.13 bits per heavy atom. The van der Waals surface area contributed by atoms with Crippen molar-refractivity contribution in [1.29, 1.82) is 0 Å². The fourth-order valence-electron chi connectivity index (χ4n) is 1.98. The molecule has 0 atom stereocenters. The Bertz CT molecular complexity index is 632. The molecule has 4 N–H and O–H groups in total. The van der Waals surface area contributed by atoms with E-state index >= 15 is 0 Å². The minimum atomic E-state index is 0.216. The summed E-state index contributed by atoms with van der Waals surface area (Å²) in [7, 11) is 0. The van der Waals surface area contributed by atoms with Gasteiger partial charge in [-0.2, -0.15) is 0 Å². The van der Waals surface area contributed by atoms with Gasteiger partial charge in [0, 0.05) is 14.9 Å². The van der Waals surface area contributed by atoms with Gasteiger partial charge in [-0.15, -0.1) is 0 Å². The number of hydrogen-bond acceptors (Lipinski definition) is 2. The Labute approximate surface area is 154 Å². The molecule has 0 saturated heterocycles. The molecule has 2 rings (SSSR count). The minimum absolute atomic E-state index is 0.216. The number of rotatable bonds is 0. The topological polar surface area (TPSA) is 52.0 Å². The fourth-order valence-corrected chi connectivity index (χ4v) is 2.49. The molecule has 0 aliphatic carbocycles. The van der Waals surface area contributed by atoms with E-state index in [4.69, 9.17) is 11.5 Å². The highest BCUT2D eigenvalue weighted by Gasteiger charge is 2.14. The number of nitrogen functional groups attached to an aromatic ring is 2. The molecule has 0 saturated carbocycles. The molecule has 2 aromatic carbocycles. The van der Waals surface area contributed by atoms with Gasteiger partial charge in [0.05, 0.1) is 0 Å². The van der Waals surface area contributed by atoms with Crippen molar-refractivity contribution in [3.05, 3.63) is 57.2 Å². The summed E-state index contributed by atoms with van der Waals surface area (Å²) in [4.78, 5) is 0. The molecule has 0 aromatic heterocycles. The van der Waals surface area contributed by atoms with Crippen LogP contribution in [0.3, 0.4) is 0 Å². The van der Waals surface area contributed by atoms with Crippen LogP contribution in [0.15, 0.2) is 42.5 Å². The molecule has 23 heavy (non-hydrogen) atoms. The summed E-state index contributed by atoms with van der Waals surface area (Å²) in [5, 5.41) is 0. The van der Waals surface area contributed by atoms with Gasteiger partial charge in [-0.1, -0.05) is 59.7 Å². The van der Waals surface area contributed by atoms with Crippen molar-refractivity contribution in [2.75, 3.05) is 11.5 Å². The average molecular weight is 424 g/mol. The van der Waals surface area contributed by atoms with Gasteiger partial charge >= 0.3 is 0 Å². The first-order valence-electron chi connectivity index (χ1n) is 7.83. The van der Waals surface area contributed by atoms with Crippen LogP contribution in [0.5, 0.6) is 0 Å². The Morgan fingerprint density at radius 3 is 1.52 bits per heavy atom. The van der Waals surface area contributed by atoms with E-state index in [2.05, 4.69) is 88.4 Å². The number of benzene rings is 2. The number of nitrogens with two attached hydrogens (primary N) is 2. The molecule has 0 aliphatic heterocycles. The first-order valence-corrected chi connectivity index (χ1v) is 8.90. The Kier molecular flexibility index (Phi) is 6.51. The Morgan fingerprint density at radius 1 is 0.696 bits per heavy atom. The smallest absolute Gasteiger partial charge is 0.0449 e. The highest BCUT2D eigenvalue weighted by Crippen LogP contribution is 2.26. The van der Waals surface area contributed by atoms with Crippen molar-refractivity contribution in [2.45, 2.75) is 52.4 Å². The van der Waals surface area contributed by atoms with Gasteiger partial charge in [0.25, 0.3) is 0 Å². The third-order valence-electron chi connectivity index (χ3n) is 3.64. The second kappa shape index (κ2) is 7.56. The van der Waals surface area contributed by atoms with E-state index in [0.717, 1.165) is 14.9 Å². The highest BCUT2D eigenvalue weighted by molar-refractivity contribution is 14.1. The van der Waals surface area contributed by atoms with Crippen LogP contribution in [-0.4, -0.2) is 0 Å². The molecule has 2 nitrogen and oxygen atoms in total. The monoisotopic (exact) mass is 424 g/mol. The van der Waals surface area contributed by atoms with Crippen LogP contribution in [0.4, 0.5) is 11.4 Å². The van der Waals surface area contributed by atoms with Crippen LogP contribution in [0.1, 0.15) is 52.7 Å². The second-order valence-corrected chi connectivity index (χ2v) is 9.02. The van der Waals surface area contributed by atoms with Crippen LogP contribution >= 0.6 is 22.6 Å². The van der Waals surface area contributed by atoms with Gasteiger partial charge in [-0.25, -0.2) is 0 Å². The van der Waals surface area contributed by atoms with Crippen LogP contribution in [0.25, 0.3) is 0 Å². The van der Waals surface area contributed by atoms with Crippen molar-refractivity contribution < 1.29 is 0 Å². The van der Waals surface area contributed by atoms with E-state index < -0.39 is 0 Å². The lowest BCUT2D eigenvalue weighted by Gasteiger charge is -2.19. The maximum absolute atomic E-state index is 5.72. The predicted octanol–water partition coefficient (Wildman–Crippen LogP) is 5.74. The first kappa shape index (κ1) is 19.8. The number of hydrogen-bond donors (Lipinski definition) is 2. The third kappa shape index (κ3) is 6.42. The number of anilines is 2. The van der Waals surface area contributed by atoms with Crippen molar-refractivity contribution in [3.63, 3.8) is 0 Å². The summed E-state index contributed by atoms with van der Waals surface area (Å²) < 4.78 is 1.14. The second-order valence-electron chi connectivity index (χ2n) is 7.86. The van der Waals surface area contributed by atoms with Gasteiger partial charge in [-0.3, -0.25) is 0 Å². The van der Waals surface area contributed by atoms with Gasteiger partial charge < -0.3 is 11.5 Å². The average Bonchev–Trinajstić information content (AvgIpc) is 2.41. The van der Waals surface area contributed by atoms with Crippen molar-refractivity contribution in [3.8, 4) is 0 Å². The highest BCUT2D eigenvalue weighted by atomic mass is 127. The lowest BCUT2D eigenvalue weighted by molar-refractivity contribution is 0.590. The van der Waals surface area contributed by atoms with E-state index in [-0.39, 0.29) is 10.8 Å². The minimum Gasteiger partial charge on any atom is -0.399 e. The summed E-state index contributed by atoms with van der Waals surface area (Å²) in [6, 6.07) is 14.3. The molecule has 0 aliphatic rings. The van der Waals surface area contributed by atoms with Gasteiger partial charge in [0.2, 0.25) is 0 Å². The summed E-state index contributed by atoms with van der Waals surface area (Å²) >= 11 is 2.26. The molecule has 0 fully saturated rings. The molecule has 0 bridgehead atoms. The maximum atomic E-state index is 5.72. The van der Waals surface area contributed by atoms with Crippen molar-refractivity contribution >= 4 is 34.0 Å². The van der Waals surface area contributed by atoms with Gasteiger partial charge in [0.15, 0.2) is 0 Å². The predicted molar refractivity (Wildman–Crippen MR) is 112 cm³/mol. The SMILES string of the molecule is CC(C)(C)c1ccc(N)c(I)c1.CC(C)(C)c1ccc(N)cc1. The van der Waals surface area contributed by atoms with E-state index in [1.807, 2.05) is 18.2 Å². The molecule has 126 valence electrons. The molecular weight excluding hydrogens is 395 g/mol. The standard InChI is InChI=1S/C10H14IN.C10H15N/c1-10(2,3)7-4-5-9(12)8(11)6-7;1-10(2,3)8-4-6-9(11)7-5-8/h4-6H,12H2,1-3H3;4-7H,11H2,1-3H3. The molecule has 2 aromatic rings. The van der Waals surface area contributed by atoms with E-state index in [1.54, 1.807) is 0 Å². The van der Waals surface area contributed by atoms with Gasteiger partial charge in [-0.05, 0) is 68.8 Å². The zero-order chi connectivity index (χ0) is 17.8. The number of halogens is 1. The first-order chi connectivity index (χ1) is 10.4. The lowest BCUT2D eigenvalue weighted by atomic mass is 9.87. The van der Waals surface area contributed by atoms with Crippen LogP contribution < -0.4 is 11.5 Å². The summed E-state index contributed by atoms with van der Waals surface area (Å²) in [6.45, 7) is 13.2. The van der Waals surface area contributed by atoms with Crippen molar-refractivity contribution in [1.82, 2.24) is 0 Å². The normalized spacial score (nSPS) is 11.6. The van der Waals surface area contributed by atoms with Gasteiger partial charge in [0.1, 0.15) is 0 Å². The zero-order valence-electron chi connectivity index (χ0n) is 15.1. The summed E-state index contributed by atoms with van der Waals surface area (Å²) in [5.41, 5.74) is 16.1. The van der Waals surface area contributed by atoms with Crippen LogP contribution in [0, 0.1) is 3.57 Å². The third-order valence-corrected chi connectivity index (χ3v) is 4.58. The maximum Gasteiger partial charge on any atom is 0.0449 e. The van der Waals surface area contributed by atoms with E-state index in [9.17, 15) is 0 Å². The largest absolute Gasteiger partial charge is 0.399 e. The molecule has 0 amide bonds. The molecular formula is C20H29IN2. The van der Waals surface area contributed by atoms with Crippen LogP contribution in [-0.2, 0) is 10.8 Å². The Hall–Kier alpha value is -1.23. The molecule has 0 unspecified atom stereocenters.